The van der Waals surface area contributed by atoms with Crippen LogP contribution in [0.4, 0.5) is 10.1 Å². The summed E-state index contributed by atoms with van der Waals surface area (Å²) in [5.74, 6) is -0.420. The number of hydrogen-bond donors (Lipinski definition) is 0. The SMILES string of the molecule is CN1CCN(C(=O)Cc2cccc(N(Cc3ccc(F)cc3)C(=O)/C=C/c3ccccc3)c2)CC1. The van der Waals surface area contributed by atoms with E-state index in [0.717, 1.165) is 42.9 Å². The molecule has 0 N–H and O–H groups in total. The van der Waals surface area contributed by atoms with Gasteiger partial charge in [0.2, 0.25) is 5.91 Å². The number of carbonyl (C=O) groups excluding carboxylic acids is 2. The molecule has 0 aromatic heterocycles. The summed E-state index contributed by atoms with van der Waals surface area (Å²) >= 11 is 0. The summed E-state index contributed by atoms with van der Waals surface area (Å²) in [7, 11) is 2.06. The minimum absolute atomic E-state index is 0.0932. The molecule has 4 rings (SSSR count). The van der Waals surface area contributed by atoms with E-state index in [0.29, 0.717) is 5.69 Å². The number of nitrogens with zero attached hydrogens (tertiary/aromatic N) is 3. The van der Waals surface area contributed by atoms with Gasteiger partial charge >= 0.3 is 0 Å². The van der Waals surface area contributed by atoms with E-state index in [2.05, 4.69) is 11.9 Å². The Bertz CT molecular complexity index is 1170. The second-order valence-electron chi connectivity index (χ2n) is 8.83. The van der Waals surface area contributed by atoms with Gasteiger partial charge in [-0.2, -0.15) is 0 Å². The van der Waals surface area contributed by atoms with E-state index in [1.54, 1.807) is 29.2 Å². The lowest BCUT2D eigenvalue weighted by Crippen LogP contribution is -2.47. The molecule has 1 fully saturated rings. The van der Waals surface area contributed by atoms with Gasteiger partial charge in [-0.25, -0.2) is 4.39 Å². The van der Waals surface area contributed by atoms with Crippen LogP contribution in [-0.2, 0) is 22.6 Å². The van der Waals surface area contributed by atoms with Gasteiger partial charge in [-0.3, -0.25) is 9.59 Å². The summed E-state index contributed by atoms with van der Waals surface area (Å²) in [5.41, 5.74) is 3.29. The molecular formula is C29H30FN3O2. The van der Waals surface area contributed by atoms with Crippen molar-refractivity contribution in [3.05, 3.63) is 107 Å². The van der Waals surface area contributed by atoms with Crippen molar-refractivity contribution in [1.29, 1.82) is 0 Å². The lowest BCUT2D eigenvalue weighted by Gasteiger charge is -2.32. The van der Waals surface area contributed by atoms with Crippen LogP contribution in [0.5, 0.6) is 0 Å². The second kappa shape index (κ2) is 11.6. The first kappa shape index (κ1) is 24.4. The molecule has 6 heteroatoms. The highest BCUT2D eigenvalue weighted by Gasteiger charge is 2.20. The second-order valence-corrected chi connectivity index (χ2v) is 8.83. The molecular weight excluding hydrogens is 441 g/mol. The third-order valence-corrected chi connectivity index (χ3v) is 6.17. The van der Waals surface area contributed by atoms with Crippen molar-refractivity contribution >= 4 is 23.6 Å². The largest absolute Gasteiger partial charge is 0.340 e. The number of piperazine rings is 1. The van der Waals surface area contributed by atoms with Gasteiger partial charge in [-0.1, -0.05) is 54.6 Å². The minimum atomic E-state index is -0.319. The lowest BCUT2D eigenvalue weighted by molar-refractivity contribution is -0.132. The fraction of sp³-hybridized carbons (Fsp3) is 0.241. The van der Waals surface area contributed by atoms with Crippen LogP contribution in [0.25, 0.3) is 6.08 Å². The van der Waals surface area contributed by atoms with Gasteiger partial charge in [-0.05, 0) is 54.1 Å². The number of amides is 2. The number of carbonyl (C=O) groups is 2. The van der Waals surface area contributed by atoms with Gasteiger partial charge in [0.15, 0.2) is 0 Å². The Kier molecular flexibility index (Phi) is 8.06. The molecule has 0 saturated carbocycles. The molecule has 0 radical (unpaired) electrons. The summed E-state index contributed by atoms with van der Waals surface area (Å²) in [6.45, 7) is 3.50. The van der Waals surface area contributed by atoms with E-state index < -0.39 is 0 Å². The topological polar surface area (TPSA) is 43.9 Å². The van der Waals surface area contributed by atoms with Crippen LogP contribution < -0.4 is 4.90 Å². The molecule has 180 valence electrons. The van der Waals surface area contributed by atoms with Crippen molar-refractivity contribution in [3.63, 3.8) is 0 Å². The lowest BCUT2D eigenvalue weighted by atomic mass is 10.1. The number of hydrogen-bond acceptors (Lipinski definition) is 3. The number of halogens is 1. The van der Waals surface area contributed by atoms with Crippen molar-refractivity contribution in [1.82, 2.24) is 9.80 Å². The monoisotopic (exact) mass is 471 g/mol. The maximum atomic E-state index is 13.4. The normalized spacial score (nSPS) is 14.3. The first-order valence-electron chi connectivity index (χ1n) is 11.8. The maximum Gasteiger partial charge on any atom is 0.251 e. The molecule has 0 unspecified atom stereocenters. The third-order valence-electron chi connectivity index (χ3n) is 6.17. The predicted molar refractivity (Wildman–Crippen MR) is 137 cm³/mol. The first-order chi connectivity index (χ1) is 17.0. The molecule has 0 spiro atoms. The number of rotatable bonds is 7. The predicted octanol–water partition coefficient (Wildman–Crippen LogP) is 4.39. The Morgan fingerprint density at radius 2 is 1.60 bits per heavy atom. The van der Waals surface area contributed by atoms with Crippen molar-refractivity contribution in [2.24, 2.45) is 0 Å². The van der Waals surface area contributed by atoms with Crippen molar-refractivity contribution in [3.8, 4) is 0 Å². The highest BCUT2D eigenvalue weighted by molar-refractivity contribution is 6.03. The Labute approximate surface area is 206 Å². The van der Waals surface area contributed by atoms with Gasteiger partial charge in [0.05, 0.1) is 13.0 Å². The van der Waals surface area contributed by atoms with E-state index in [1.807, 2.05) is 59.5 Å². The van der Waals surface area contributed by atoms with E-state index in [9.17, 15) is 14.0 Å². The average molecular weight is 472 g/mol. The number of likely N-dealkylation sites (N-methyl/N-ethyl adjacent to an activating group) is 1. The molecule has 0 aliphatic carbocycles. The zero-order valence-corrected chi connectivity index (χ0v) is 19.9. The van der Waals surface area contributed by atoms with Crippen molar-refractivity contribution in [2.45, 2.75) is 13.0 Å². The molecule has 35 heavy (non-hydrogen) atoms. The van der Waals surface area contributed by atoms with Crippen LogP contribution in [0.2, 0.25) is 0 Å². The highest BCUT2D eigenvalue weighted by Crippen LogP contribution is 2.21. The molecule has 0 bridgehead atoms. The summed E-state index contributed by atoms with van der Waals surface area (Å²) in [4.78, 5) is 31.9. The van der Waals surface area contributed by atoms with Crippen molar-refractivity contribution in [2.75, 3.05) is 38.1 Å². The van der Waals surface area contributed by atoms with Crippen LogP contribution in [-0.4, -0.2) is 54.8 Å². The van der Waals surface area contributed by atoms with E-state index in [1.165, 1.54) is 12.1 Å². The molecule has 0 atom stereocenters. The minimum Gasteiger partial charge on any atom is -0.340 e. The Morgan fingerprint density at radius 3 is 2.31 bits per heavy atom. The zero-order valence-electron chi connectivity index (χ0n) is 19.9. The highest BCUT2D eigenvalue weighted by atomic mass is 19.1. The van der Waals surface area contributed by atoms with Gasteiger partial charge in [0.1, 0.15) is 5.82 Å². The Balaban J connectivity index is 1.55. The third kappa shape index (κ3) is 6.87. The quantitative estimate of drug-likeness (QED) is 0.480. The molecule has 1 saturated heterocycles. The molecule has 1 aliphatic heterocycles. The molecule has 1 aliphatic rings. The van der Waals surface area contributed by atoms with Crippen LogP contribution in [0.1, 0.15) is 16.7 Å². The van der Waals surface area contributed by atoms with E-state index in [4.69, 9.17) is 0 Å². The summed E-state index contributed by atoms with van der Waals surface area (Å²) in [6.07, 6.45) is 3.61. The van der Waals surface area contributed by atoms with Gasteiger partial charge in [-0.15, -0.1) is 0 Å². The molecule has 2 amide bonds. The summed E-state index contributed by atoms with van der Waals surface area (Å²) < 4.78 is 13.4. The summed E-state index contributed by atoms with van der Waals surface area (Å²) in [6, 6.07) is 23.3. The van der Waals surface area contributed by atoms with Crippen LogP contribution in [0.3, 0.4) is 0 Å². The van der Waals surface area contributed by atoms with Crippen LogP contribution >= 0.6 is 0 Å². The molecule has 3 aromatic rings. The molecule has 3 aromatic carbocycles. The molecule has 1 heterocycles. The van der Waals surface area contributed by atoms with Crippen molar-refractivity contribution < 1.29 is 14.0 Å². The molecule has 5 nitrogen and oxygen atoms in total. The summed E-state index contributed by atoms with van der Waals surface area (Å²) in [5, 5.41) is 0. The smallest absolute Gasteiger partial charge is 0.251 e. The Morgan fingerprint density at radius 1 is 0.886 bits per heavy atom. The number of benzene rings is 3. The van der Waals surface area contributed by atoms with Gasteiger partial charge in [0.25, 0.3) is 5.91 Å². The van der Waals surface area contributed by atoms with E-state index >= 15 is 0 Å². The van der Waals surface area contributed by atoms with Gasteiger partial charge < -0.3 is 14.7 Å². The fourth-order valence-electron chi connectivity index (χ4n) is 4.07. The Hall–Kier alpha value is -3.77. The standard InChI is InChI=1S/C29H30FN3O2/c1-31-16-18-32(19-17-31)29(35)21-25-8-5-9-27(20-25)33(22-24-10-13-26(30)14-11-24)28(34)15-12-23-6-3-2-4-7-23/h2-15,20H,16-19,21-22H2,1H3/b15-12+. The first-order valence-corrected chi connectivity index (χ1v) is 11.8. The fourth-order valence-corrected chi connectivity index (χ4v) is 4.07. The maximum absolute atomic E-state index is 13.4. The zero-order chi connectivity index (χ0) is 24.6. The van der Waals surface area contributed by atoms with Crippen LogP contribution in [0.15, 0.2) is 84.9 Å². The average Bonchev–Trinajstić information content (AvgIpc) is 2.88. The van der Waals surface area contributed by atoms with Gasteiger partial charge in [0, 0.05) is 37.9 Å². The van der Waals surface area contributed by atoms with Crippen LogP contribution in [0, 0.1) is 5.82 Å². The number of anilines is 1. The van der Waals surface area contributed by atoms with E-state index in [-0.39, 0.29) is 30.6 Å².